The van der Waals surface area contributed by atoms with Gasteiger partial charge in [0.15, 0.2) is 0 Å². The van der Waals surface area contributed by atoms with Crippen molar-refractivity contribution in [2.24, 2.45) is 0 Å². The molecule has 0 saturated carbocycles. The third-order valence-corrected chi connectivity index (χ3v) is 3.40. The minimum Gasteiger partial charge on any atom is -0.394 e. The van der Waals surface area contributed by atoms with Crippen LogP contribution in [0.1, 0.15) is 33.1 Å². The molecule has 1 saturated heterocycles. The van der Waals surface area contributed by atoms with Crippen LogP contribution >= 0.6 is 0 Å². The predicted molar refractivity (Wildman–Crippen MR) is 59.4 cm³/mol. The van der Waals surface area contributed by atoms with E-state index in [4.69, 9.17) is 0 Å². The lowest BCUT2D eigenvalue weighted by Gasteiger charge is -2.37. The third kappa shape index (κ3) is 3.23. The molecule has 2 N–H and O–H groups in total. The van der Waals surface area contributed by atoms with Gasteiger partial charge in [0.05, 0.1) is 6.61 Å². The molecule has 1 fully saturated rings. The molecule has 0 radical (unpaired) electrons. The largest absolute Gasteiger partial charge is 0.394 e. The molecule has 1 aliphatic heterocycles. The van der Waals surface area contributed by atoms with E-state index >= 15 is 0 Å². The Hall–Kier alpha value is -0.120. The monoisotopic (exact) mass is 200 g/mol. The summed E-state index contributed by atoms with van der Waals surface area (Å²) in [5, 5.41) is 12.9. The first-order valence-corrected chi connectivity index (χ1v) is 5.67. The Morgan fingerprint density at radius 2 is 2.00 bits per heavy atom. The summed E-state index contributed by atoms with van der Waals surface area (Å²) in [5.41, 5.74) is -0.0828. The van der Waals surface area contributed by atoms with Gasteiger partial charge in [-0.1, -0.05) is 6.92 Å². The van der Waals surface area contributed by atoms with Gasteiger partial charge < -0.3 is 15.3 Å². The molecule has 0 aromatic carbocycles. The first kappa shape index (κ1) is 12.0. The number of hydrogen-bond donors (Lipinski definition) is 2. The highest BCUT2D eigenvalue weighted by Crippen LogP contribution is 2.15. The number of likely N-dealkylation sites (tertiary alicyclic amines) is 1. The van der Waals surface area contributed by atoms with Gasteiger partial charge in [-0.15, -0.1) is 0 Å². The molecular formula is C11H24N2O. The van der Waals surface area contributed by atoms with Gasteiger partial charge in [-0.2, -0.15) is 0 Å². The number of piperidine rings is 1. The number of rotatable bonds is 4. The van der Waals surface area contributed by atoms with E-state index in [0.29, 0.717) is 6.04 Å². The maximum atomic E-state index is 9.30. The highest BCUT2D eigenvalue weighted by molar-refractivity contribution is 4.87. The van der Waals surface area contributed by atoms with E-state index < -0.39 is 0 Å². The fourth-order valence-electron chi connectivity index (χ4n) is 1.91. The second-order valence-electron chi connectivity index (χ2n) is 4.79. The van der Waals surface area contributed by atoms with Gasteiger partial charge >= 0.3 is 0 Å². The van der Waals surface area contributed by atoms with E-state index in [2.05, 4.69) is 31.1 Å². The maximum absolute atomic E-state index is 9.30. The molecule has 1 aliphatic rings. The zero-order chi connectivity index (χ0) is 10.6. The van der Waals surface area contributed by atoms with Crippen molar-refractivity contribution in [2.45, 2.75) is 44.7 Å². The number of nitrogens with one attached hydrogen (secondary N) is 1. The van der Waals surface area contributed by atoms with Crippen LogP contribution in [0, 0.1) is 0 Å². The summed E-state index contributed by atoms with van der Waals surface area (Å²) in [7, 11) is 2.17. The fourth-order valence-corrected chi connectivity index (χ4v) is 1.91. The summed E-state index contributed by atoms with van der Waals surface area (Å²) in [4.78, 5) is 2.36. The first-order valence-electron chi connectivity index (χ1n) is 5.67. The standard InChI is InChI=1S/C11H24N2O/c1-4-11(2,9-14)12-10-5-7-13(3)8-6-10/h10,12,14H,4-9H2,1-3H3. The van der Waals surface area contributed by atoms with Crippen LogP contribution in [0.3, 0.4) is 0 Å². The molecule has 0 aromatic rings. The molecule has 0 bridgehead atoms. The Labute approximate surface area is 87.5 Å². The highest BCUT2D eigenvalue weighted by atomic mass is 16.3. The van der Waals surface area contributed by atoms with Crippen molar-refractivity contribution in [3.05, 3.63) is 0 Å². The Morgan fingerprint density at radius 1 is 1.43 bits per heavy atom. The molecule has 3 nitrogen and oxygen atoms in total. The average molecular weight is 200 g/mol. The molecule has 1 atom stereocenters. The summed E-state index contributed by atoms with van der Waals surface area (Å²) < 4.78 is 0. The van der Waals surface area contributed by atoms with Gasteiger partial charge in [-0.05, 0) is 46.3 Å². The number of nitrogens with zero attached hydrogens (tertiary/aromatic N) is 1. The second kappa shape index (κ2) is 5.10. The lowest BCUT2D eigenvalue weighted by atomic mass is 9.95. The molecule has 84 valence electrons. The van der Waals surface area contributed by atoms with Crippen LogP contribution in [-0.4, -0.2) is 48.3 Å². The van der Waals surface area contributed by atoms with Crippen LogP contribution in [0.2, 0.25) is 0 Å². The van der Waals surface area contributed by atoms with Crippen LogP contribution in [0.5, 0.6) is 0 Å². The zero-order valence-corrected chi connectivity index (χ0v) is 9.71. The van der Waals surface area contributed by atoms with Gasteiger partial charge in [0.2, 0.25) is 0 Å². The molecule has 0 aromatic heterocycles. The van der Waals surface area contributed by atoms with Crippen LogP contribution in [0.15, 0.2) is 0 Å². The average Bonchev–Trinajstić information content (AvgIpc) is 2.21. The van der Waals surface area contributed by atoms with Crippen molar-refractivity contribution < 1.29 is 5.11 Å². The smallest absolute Gasteiger partial charge is 0.0610 e. The molecule has 0 spiro atoms. The molecule has 1 unspecified atom stereocenters. The molecule has 14 heavy (non-hydrogen) atoms. The van der Waals surface area contributed by atoms with Crippen molar-refractivity contribution in [1.82, 2.24) is 10.2 Å². The Kier molecular flexibility index (Phi) is 4.35. The zero-order valence-electron chi connectivity index (χ0n) is 9.71. The summed E-state index contributed by atoms with van der Waals surface area (Å²) in [6, 6.07) is 0.586. The van der Waals surface area contributed by atoms with Crippen molar-refractivity contribution in [3.63, 3.8) is 0 Å². The molecule has 0 amide bonds. The van der Waals surface area contributed by atoms with Crippen LogP contribution in [0.25, 0.3) is 0 Å². The minimum absolute atomic E-state index is 0.0828. The molecular weight excluding hydrogens is 176 g/mol. The Morgan fingerprint density at radius 3 is 2.43 bits per heavy atom. The molecule has 1 rings (SSSR count). The van der Waals surface area contributed by atoms with Gasteiger partial charge in [0.25, 0.3) is 0 Å². The van der Waals surface area contributed by atoms with Crippen molar-refractivity contribution in [3.8, 4) is 0 Å². The Bertz CT molecular complexity index is 161. The third-order valence-electron chi connectivity index (χ3n) is 3.40. The lowest BCUT2D eigenvalue weighted by molar-refractivity contribution is 0.134. The van der Waals surface area contributed by atoms with E-state index in [0.717, 1.165) is 6.42 Å². The highest BCUT2D eigenvalue weighted by Gasteiger charge is 2.26. The van der Waals surface area contributed by atoms with Crippen LogP contribution < -0.4 is 5.32 Å². The van der Waals surface area contributed by atoms with E-state index in [-0.39, 0.29) is 12.1 Å². The van der Waals surface area contributed by atoms with E-state index in [1.54, 1.807) is 0 Å². The molecule has 3 heteroatoms. The minimum atomic E-state index is -0.0828. The van der Waals surface area contributed by atoms with Crippen LogP contribution in [-0.2, 0) is 0 Å². The first-order chi connectivity index (χ1) is 6.59. The summed E-state index contributed by atoms with van der Waals surface area (Å²) in [6.07, 6.45) is 3.38. The number of aliphatic hydroxyl groups is 1. The summed E-state index contributed by atoms with van der Waals surface area (Å²) in [6.45, 7) is 6.80. The Balaban J connectivity index is 2.36. The van der Waals surface area contributed by atoms with Gasteiger partial charge in [0, 0.05) is 11.6 Å². The van der Waals surface area contributed by atoms with E-state index in [9.17, 15) is 5.11 Å². The summed E-state index contributed by atoms with van der Waals surface area (Å²) in [5.74, 6) is 0. The van der Waals surface area contributed by atoms with Crippen molar-refractivity contribution in [1.29, 1.82) is 0 Å². The molecule has 0 aliphatic carbocycles. The SMILES string of the molecule is CCC(C)(CO)NC1CCN(C)CC1. The van der Waals surface area contributed by atoms with Crippen molar-refractivity contribution >= 4 is 0 Å². The predicted octanol–water partition coefficient (Wildman–Crippen LogP) is 0.831. The summed E-state index contributed by atoms with van der Waals surface area (Å²) >= 11 is 0. The number of aliphatic hydroxyl groups excluding tert-OH is 1. The van der Waals surface area contributed by atoms with Crippen molar-refractivity contribution in [2.75, 3.05) is 26.7 Å². The van der Waals surface area contributed by atoms with E-state index in [1.807, 2.05) is 0 Å². The second-order valence-corrected chi connectivity index (χ2v) is 4.79. The fraction of sp³-hybridized carbons (Fsp3) is 1.00. The van der Waals surface area contributed by atoms with Gasteiger partial charge in [0.1, 0.15) is 0 Å². The van der Waals surface area contributed by atoms with Crippen LogP contribution in [0.4, 0.5) is 0 Å². The molecule has 1 heterocycles. The maximum Gasteiger partial charge on any atom is 0.0610 e. The lowest BCUT2D eigenvalue weighted by Crippen LogP contribution is -2.53. The number of hydrogen-bond acceptors (Lipinski definition) is 3. The van der Waals surface area contributed by atoms with E-state index in [1.165, 1.54) is 25.9 Å². The topological polar surface area (TPSA) is 35.5 Å². The van der Waals surface area contributed by atoms with Gasteiger partial charge in [-0.3, -0.25) is 0 Å². The quantitative estimate of drug-likeness (QED) is 0.705. The van der Waals surface area contributed by atoms with Gasteiger partial charge in [-0.25, -0.2) is 0 Å². The normalized spacial score (nSPS) is 24.9.